The Morgan fingerprint density at radius 1 is 1.25 bits per heavy atom. The van der Waals surface area contributed by atoms with Crippen molar-refractivity contribution in [3.63, 3.8) is 0 Å². The van der Waals surface area contributed by atoms with Gasteiger partial charge in [0.15, 0.2) is 0 Å². The Kier molecular flexibility index (Phi) is 5.64. The van der Waals surface area contributed by atoms with Crippen molar-refractivity contribution in [2.45, 2.75) is 72.3 Å². The topological polar surface area (TPSA) is 29.9 Å². The van der Waals surface area contributed by atoms with Crippen LogP contribution in [0.3, 0.4) is 0 Å². The number of hydrogen-bond acceptors (Lipinski definition) is 2. The van der Waals surface area contributed by atoms with E-state index in [-0.39, 0.29) is 0 Å². The van der Waals surface area contributed by atoms with Crippen LogP contribution in [0.5, 0.6) is 0 Å². The number of aromatic nitrogens is 2. The maximum atomic E-state index is 4.86. The van der Waals surface area contributed by atoms with Crippen molar-refractivity contribution >= 4 is 0 Å². The molecule has 0 aromatic carbocycles. The summed E-state index contributed by atoms with van der Waals surface area (Å²) in [5, 5.41) is 8.35. The smallest absolute Gasteiger partial charge is 0.0629 e. The number of aryl methyl sites for hydroxylation is 1. The van der Waals surface area contributed by atoms with Crippen LogP contribution in [0.4, 0.5) is 0 Å². The van der Waals surface area contributed by atoms with E-state index in [9.17, 15) is 0 Å². The first-order valence-electron chi connectivity index (χ1n) is 8.38. The van der Waals surface area contributed by atoms with E-state index in [1.807, 2.05) is 0 Å². The molecule has 1 heterocycles. The van der Waals surface area contributed by atoms with Crippen LogP contribution in [-0.2, 0) is 6.42 Å². The molecule has 114 valence electrons. The summed E-state index contributed by atoms with van der Waals surface area (Å²) in [6.07, 6.45) is 7.67. The van der Waals surface area contributed by atoms with E-state index in [2.05, 4.69) is 37.7 Å². The number of hydrogen-bond donors (Lipinski definition) is 1. The molecule has 3 heteroatoms. The van der Waals surface area contributed by atoms with E-state index >= 15 is 0 Å². The molecule has 0 saturated heterocycles. The Bertz CT molecular complexity index is 422. The van der Waals surface area contributed by atoms with Crippen LogP contribution in [-0.4, -0.2) is 22.9 Å². The Morgan fingerprint density at radius 3 is 2.75 bits per heavy atom. The van der Waals surface area contributed by atoms with Crippen molar-refractivity contribution in [3.05, 3.63) is 17.0 Å². The third kappa shape index (κ3) is 3.63. The van der Waals surface area contributed by atoms with Gasteiger partial charge in [0.1, 0.15) is 0 Å². The molecular formula is C17H31N3. The van der Waals surface area contributed by atoms with Gasteiger partial charge in [-0.3, -0.25) is 4.68 Å². The van der Waals surface area contributed by atoms with Crippen LogP contribution < -0.4 is 5.32 Å². The lowest BCUT2D eigenvalue weighted by atomic mass is 9.87. The Labute approximate surface area is 124 Å². The predicted molar refractivity (Wildman–Crippen MR) is 85.2 cm³/mol. The standard InChI is InChI=1S/C17H31N3/c1-5-10-18-11-9-17-14(3)19-20(15(17)4)16-8-6-7-13(2)12-16/h13,16,18H,5-12H2,1-4H3. The number of nitrogens with zero attached hydrogens (tertiary/aromatic N) is 2. The summed E-state index contributed by atoms with van der Waals surface area (Å²) < 4.78 is 2.33. The van der Waals surface area contributed by atoms with Gasteiger partial charge in [0.05, 0.1) is 11.7 Å². The molecule has 20 heavy (non-hydrogen) atoms. The van der Waals surface area contributed by atoms with Crippen molar-refractivity contribution in [3.8, 4) is 0 Å². The average Bonchev–Trinajstić information content (AvgIpc) is 2.71. The number of nitrogens with one attached hydrogen (secondary N) is 1. The van der Waals surface area contributed by atoms with Gasteiger partial charge in [0.25, 0.3) is 0 Å². The second-order valence-electron chi connectivity index (χ2n) is 6.52. The summed E-state index contributed by atoms with van der Waals surface area (Å²) >= 11 is 0. The summed E-state index contributed by atoms with van der Waals surface area (Å²) in [5.74, 6) is 0.854. The highest BCUT2D eigenvalue weighted by molar-refractivity contribution is 5.25. The van der Waals surface area contributed by atoms with Gasteiger partial charge in [-0.2, -0.15) is 5.10 Å². The fraction of sp³-hybridized carbons (Fsp3) is 0.824. The van der Waals surface area contributed by atoms with Gasteiger partial charge >= 0.3 is 0 Å². The molecule has 1 aromatic rings. The zero-order chi connectivity index (χ0) is 14.5. The monoisotopic (exact) mass is 277 g/mol. The molecule has 1 aliphatic carbocycles. The fourth-order valence-electron chi connectivity index (χ4n) is 3.55. The van der Waals surface area contributed by atoms with Gasteiger partial charge in [0.2, 0.25) is 0 Å². The van der Waals surface area contributed by atoms with Gasteiger partial charge in [-0.05, 0) is 64.1 Å². The van der Waals surface area contributed by atoms with Crippen molar-refractivity contribution in [2.75, 3.05) is 13.1 Å². The lowest BCUT2D eigenvalue weighted by Gasteiger charge is -2.28. The Balaban J connectivity index is 2.03. The zero-order valence-electron chi connectivity index (χ0n) is 13.7. The molecule has 2 atom stereocenters. The molecule has 3 nitrogen and oxygen atoms in total. The van der Waals surface area contributed by atoms with Gasteiger partial charge in [0, 0.05) is 5.69 Å². The molecule has 2 unspecified atom stereocenters. The second-order valence-corrected chi connectivity index (χ2v) is 6.52. The Morgan fingerprint density at radius 2 is 2.05 bits per heavy atom. The minimum absolute atomic E-state index is 0.634. The largest absolute Gasteiger partial charge is 0.316 e. The van der Waals surface area contributed by atoms with Crippen molar-refractivity contribution in [2.24, 2.45) is 5.92 Å². The minimum atomic E-state index is 0.634. The van der Waals surface area contributed by atoms with Crippen LogP contribution in [0.15, 0.2) is 0 Å². The lowest BCUT2D eigenvalue weighted by molar-refractivity contribution is 0.263. The summed E-state index contributed by atoms with van der Waals surface area (Å²) in [4.78, 5) is 0. The van der Waals surface area contributed by atoms with Gasteiger partial charge in [-0.25, -0.2) is 0 Å². The maximum Gasteiger partial charge on any atom is 0.0629 e. The third-order valence-electron chi connectivity index (χ3n) is 4.71. The molecule has 1 N–H and O–H groups in total. The molecular weight excluding hydrogens is 246 g/mol. The van der Waals surface area contributed by atoms with Crippen molar-refractivity contribution < 1.29 is 0 Å². The molecule has 1 aromatic heterocycles. The van der Waals surface area contributed by atoms with Crippen molar-refractivity contribution in [1.82, 2.24) is 15.1 Å². The van der Waals surface area contributed by atoms with Crippen molar-refractivity contribution in [1.29, 1.82) is 0 Å². The normalized spacial score (nSPS) is 23.2. The van der Waals surface area contributed by atoms with E-state index in [1.165, 1.54) is 49.1 Å². The Hall–Kier alpha value is -0.830. The molecule has 0 spiro atoms. The lowest BCUT2D eigenvalue weighted by Crippen LogP contribution is -2.20. The first-order chi connectivity index (χ1) is 9.63. The summed E-state index contributed by atoms with van der Waals surface area (Å²) in [5.41, 5.74) is 4.10. The van der Waals surface area contributed by atoms with Gasteiger partial charge in [-0.1, -0.05) is 26.7 Å². The zero-order valence-corrected chi connectivity index (χ0v) is 13.7. The molecule has 0 bridgehead atoms. The fourth-order valence-corrected chi connectivity index (χ4v) is 3.55. The minimum Gasteiger partial charge on any atom is -0.316 e. The van der Waals surface area contributed by atoms with Crippen LogP contribution >= 0.6 is 0 Å². The second kappa shape index (κ2) is 7.26. The quantitative estimate of drug-likeness (QED) is 0.802. The molecule has 1 aliphatic rings. The predicted octanol–water partition coefficient (Wildman–Crippen LogP) is 3.79. The first kappa shape index (κ1) is 15.6. The molecule has 0 amide bonds. The van der Waals surface area contributed by atoms with E-state index in [1.54, 1.807) is 0 Å². The maximum absolute atomic E-state index is 4.86. The van der Waals surface area contributed by atoms with E-state index < -0.39 is 0 Å². The van der Waals surface area contributed by atoms with E-state index in [0.29, 0.717) is 6.04 Å². The van der Waals surface area contributed by atoms with Crippen LogP contribution in [0.2, 0.25) is 0 Å². The molecule has 2 rings (SSSR count). The summed E-state index contributed by atoms with van der Waals surface area (Å²) in [6.45, 7) is 11.2. The third-order valence-corrected chi connectivity index (χ3v) is 4.71. The van der Waals surface area contributed by atoms with Gasteiger partial charge in [-0.15, -0.1) is 0 Å². The molecule has 1 fully saturated rings. The van der Waals surface area contributed by atoms with Gasteiger partial charge < -0.3 is 5.32 Å². The van der Waals surface area contributed by atoms with Crippen LogP contribution in [0.25, 0.3) is 0 Å². The summed E-state index contributed by atoms with van der Waals surface area (Å²) in [6, 6.07) is 0.634. The highest BCUT2D eigenvalue weighted by Crippen LogP contribution is 2.33. The SMILES string of the molecule is CCCNCCc1c(C)nn(C2CCCC(C)C2)c1C. The van der Waals surface area contributed by atoms with Crippen LogP contribution in [0.1, 0.15) is 68.9 Å². The molecule has 0 aliphatic heterocycles. The highest BCUT2D eigenvalue weighted by atomic mass is 15.3. The number of rotatable bonds is 6. The molecule has 0 radical (unpaired) electrons. The van der Waals surface area contributed by atoms with E-state index in [4.69, 9.17) is 5.10 Å². The average molecular weight is 277 g/mol. The van der Waals surface area contributed by atoms with E-state index in [0.717, 1.165) is 25.4 Å². The van der Waals surface area contributed by atoms with Crippen LogP contribution in [0, 0.1) is 19.8 Å². The first-order valence-corrected chi connectivity index (χ1v) is 8.38. The highest BCUT2D eigenvalue weighted by Gasteiger charge is 2.23. The summed E-state index contributed by atoms with van der Waals surface area (Å²) in [7, 11) is 0. The molecule has 1 saturated carbocycles.